The van der Waals surface area contributed by atoms with Gasteiger partial charge in [0.2, 0.25) is 10.0 Å². The second kappa shape index (κ2) is 9.82. The summed E-state index contributed by atoms with van der Waals surface area (Å²) in [4.78, 5) is 14.3. The van der Waals surface area contributed by atoms with Crippen LogP contribution < -0.4 is 19.5 Å². The number of sulfonamides is 1. The van der Waals surface area contributed by atoms with Crippen molar-refractivity contribution in [1.29, 1.82) is 0 Å². The van der Waals surface area contributed by atoms with Crippen molar-refractivity contribution in [3.8, 4) is 11.5 Å². The maximum Gasteiger partial charge on any atom is 0.317 e. The van der Waals surface area contributed by atoms with E-state index in [2.05, 4.69) is 10.0 Å². The Morgan fingerprint density at radius 1 is 1.10 bits per heavy atom. The quantitative estimate of drug-likeness (QED) is 0.665. The molecule has 1 atom stereocenters. The van der Waals surface area contributed by atoms with E-state index in [-0.39, 0.29) is 17.9 Å². The van der Waals surface area contributed by atoms with Crippen molar-refractivity contribution < 1.29 is 22.7 Å². The summed E-state index contributed by atoms with van der Waals surface area (Å²) in [5.74, 6) is 1.32. The van der Waals surface area contributed by atoms with Crippen LogP contribution in [-0.4, -0.2) is 52.2 Å². The third-order valence-electron chi connectivity index (χ3n) is 4.79. The molecule has 2 N–H and O–H groups in total. The molecule has 0 saturated heterocycles. The number of hydrogen-bond acceptors (Lipinski definition) is 5. The molecule has 3 rings (SSSR count). The highest BCUT2D eigenvalue weighted by molar-refractivity contribution is 7.88. The van der Waals surface area contributed by atoms with E-state index in [0.29, 0.717) is 43.3 Å². The summed E-state index contributed by atoms with van der Waals surface area (Å²) in [5.41, 5.74) is 1.57. The molecule has 1 heterocycles. The Balaban J connectivity index is 1.51. The van der Waals surface area contributed by atoms with Gasteiger partial charge in [-0.15, -0.1) is 0 Å². The van der Waals surface area contributed by atoms with Crippen LogP contribution in [0.2, 0.25) is 0 Å². The predicted molar refractivity (Wildman–Crippen MR) is 114 cm³/mol. The third kappa shape index (κ3) is 5.87. The van der Waals surface area contributed by atoms with Gasteiger partial charge in [-0.3, -0.25) is 0 Å². The zero-order chi connectivity index (χ0) is 21.6. The van der Waals surface area contributed by atoms with Crippen LogP contribution >= 0.6 is 0 Å². The van der Waals surface area contributed by atoms with Gasteiger partial charge in [-0.1, -0.05) is 36.4 Å². The van der Waals surface area contributed by atoms with Crippen molar-refractivity contribution in [2.75, 3.05) is 26.7 Å². The van der Waals surface area contributed by atoms with Crippen LogP contribution in [0.3, 0.4) is 0 Å². The normalized spacial score (nSPS) is 15.5. The summed E-state index contributed by atoms with van der Waals surface area (Å²) in [6.07, 6.45) is -0.237. The Morgan fingerprint density at radius 3 is 2.43 bits per heavy atom. The fourth-order valence-corrected chi connectivity index (χ4v) is 3.86. The monoisotopic (exact) mass is 433 g/mol. The molecular weight excluding hydrogens is 406 g/mol. The molecule has 0 spiro atoms. The Bertz CT molecular complexity index is 963. The van der Waals surface area contributed by atoms with Crippen molar-refractivity contribution in [2.24, 2.45) is 0 Å². The van der Waals surface area contributed by atoms with Gasteiger partial charge < -0.3 is 19.7 Å². The van der Waals surface area contributed by atoms with Crippen molar-refractivity contribution in [3.63, 3.8) is 0 Å². The maximum absolute atomic E-state index is 12.6. The average molecular weight is 434 g/mol. The molecule has 162 valence electrons. The summed E-state index contributed by atoms with van der Waals surface area (Å²) < 4.78 is 37.2. The van der Waals surface area contributed by atoms with Crippen LogP contribution in [0, 0.1) is 0 Å². The molecular formula is C21H27N3O5S. The van der Waals surface area contributed by atoms with E-state index >= 15 is 0 Å². The molecule has 0 aliphatic carbocycles. The van der Waals surface area contributed by atoms with Crippen LogP contribution in [0.5, 0.6) is 11.5 Å². The summed E-state index contributed by atoms with van der Waals surface area (Å²) in [5, 5.41) is 2.90. The smallest absolute Gasteiger partial charge is 0.317 e. The molecule has 8 nitrogen and oxygen atoms in total. The molecule has 30 heavy (non-hydrogen) atoms. The molecule has 1 aliphatic heterocycles. The topological polar surface area (TPSA) is 97.0 Å². The van der Waals surface area contributed by atoms with Crippen molar-refractivity contribution in [3.05, 3.63) is 59.7 Å². The van der Waals surface area contributed by atoms with E-state index in [1.807, 2.05) is 43.3 Å². The number of urea groups is 1. The number of carbonyl (C=O) groups is 1. The fraction of sp³-hybridized carbons (Fsp3) is 0.381. The number of carbonyl (C=O) groups excluding carboxylic acids is 1. The lowest BCUT2D eigenvalue weighted by molar-refractivity contribution is 0.0675. The van der Waals surface area contributed by atoms with Gasteiger partial charge in [-0.2, -0.15) is 0 Å². The molecule has 1 aliphatic rings. The Morgan fingerprint density at radius 2 is 1.77 bits per heavy atom. The highest BCUT2D eigenvalue weighted by Crippen LogP contribution is 2.31. The zero-order valence-electron chi connectivity index (χ0n) is 17.1. The van der Waals surface area contributed by atoms with E-state index < -0.39 is 10.0 Å². The molecule has 0 radical (unpaired) electrons. The largest absolute Gasteiger partial charge is 0.486 e. The van der Waals surface area contributed by atoms with E-state index in [1.54, 1.807) is 17.0 Å². The second-order valence-corrected chi connectivity index (χ2v) is 8.90. The minimum absolute atomic E-state index is 0.0770. The first-order valence-corrected chi connectivity index (χ1v) is 11.5. The van der Waals surface area contributed by atoms with Gasteiger partial charge in [0.15, 0.2) is 17.6 Å². The van der Waals surface area contributed by atoms with E-state index in [4.69, 9.17) is 9.47 Å². The molecule has 0 fully saturated rings. The molecule has 9 heteroatoms. The van der Waals surface area contributed by atoms with Crippen LogP contribution in [0.4, 0.5) is 4.79 Å². The number of ether oxygens (including phenoxy) is 2. The Hall–Kier alpha value is -2.78. The number of rotatable bonds is 8. The van der Waals surface area contributed by atoms with Crippen LogP contribution in [-0.2, 0) is 22.3 Å². The third-order valence-corrected chi connectivity index (χ3v) is 6.13. The standard InChI is InChI=1S/C21H27N3O5S/c1-3-24(13-18-14-28-19-6-4-5-7-20(19)29-18)21(25)23-12-16-8-10-17(11-9-16)15-30(26,27)22-2/h4-11,18,22H,3,12-15H2,1-2H3,(H,23,25)/t18-/m1/s1. The first-order chi connectivity index (χ1) is 14.4. The van der Waals surface area contributed by atoms with E-state index in [9.17, 15) is 13.2 Å². The van der Waals surface area contributed by atoms with Gasteiger partial charge >= 0.3 is 6.03 Å². The van der Waals surface area contributed by atoms with Gasteiger partial charge in [0.05, 0.1) is 12.3 Å². The first-order valence-electron chi connectivity index (χ1n) is 9.80. The number of benzene rings is 2. The number of nitrogens with one attached hydrogen (secondary N) is 2. The maximum atomic E-state index is 12.6. The molecule has 0 unspecified atom stereocenters. The highest BCUT2D eigenvalue weighted by Gasteiger charge is 2.24. The lowest BCUT2D eigenvalue weighted by Gasteiger charge is -2.31. The summed E-state index contributed by atoms with van der Waals surface area (Å²) in [7, 11) is -1.92. The van der Waals surface area contributed by atoms with Crippen LogP contribution in [0.15, 0.2) is 48.5 Å². The van der Waals surface area contributed by atoms with Gasteiger partial charge in [0.25, 0.3) is 0 Å². The molecule has 2 amide bonds. The fourth-order valence-electron chi connectivity index (χ4n) is 3.09. The van der Waals surface area contributed by atoms with Gasteiger partial charge in [-0.25, -0.2) is 17.9 Å². The van der Waals surface area contributed by atoms with Gasteiger partial charge in [0, 0.05) is 13.1 Å². The Kier molecular flexibility index (Phi) is 7.17. The minimum Gasteiger partial charge on any atom is -0.486 e. The average Bonchev–Trinajstić information content (AvgIpc) is 2.76. The lowest BCUT2D eigenvalue weighted by Crippen LogP contribution is -2.47. The summed E-state index contributed by atoms with van der Waals surface area (Å²) in [6.45, 7) is 3.59. The number of likely N-dealkylation sites (N-methyl/N-ethyl adjacent to an activating group) is 1. The van der Waals surface area contributed by atoms with Crippen LogP contribution in [0.1, 0.15) is 18.1 Å². The number of amides is 2. The summed E-state index contributed by atoms with van der Waals surface area (Å²) >= 11 is 0. The number of nitrogens with zero attached hydrogens (tertiary/aromatic N) is 1. The van der Waals surface area contributed by atoms with E-state index in [1.165, 1.54) is 7.05 Å². The molecule has 0 aromatic heterocycles. The zero-order valence-corrected chi connectivity index (χ0v) is 17.9. The lowest BCUT2D eigenvalue weighted by atomic mass is 10.1. The first kappa shape index (κ1) is 21.9. The van der Waals surface area contributed by atoms with Crippen LogP contribution in [0.25, 0.3) is 0 Å². The SMILES string of the molecule is CCN(C[C@@H]1COc2ccccc2O1)C(=O)NCc1ccc(CS(=O)(=O)NC)cc1. The van der Waals surface area contributed by atoms with Gasteiger partial charge in [0.1, 0.15) is 6.61 Å². The summed E-state index contributed by atoms with van der Waals surface area (Å²) in [6, 6.07) is 14.4. The number of fused-ring (bicyclic) bond motifs is 1. The van der Waals surface area contributed by atoms with Crippen molar-refractivity contribution in [1.82, 2.24) is 14.9 Å². The predicted octanol–water partition coefficient (Wildman–Crippen LogP) is 2.11. The number of hydrogen-bond donors (Lipinski definition) is 2. The van der Waals surface area contributed by atoms with Crippen molar-refractivity contribution >= 4 is 16.1 Å². The minimum atomic E-state index is -3.31. The molecule has 2 aromatic rings. The highest BCUT2D eigenvalue weighted by atomic mass is 32.2. The molecule has 0 bridgehead atoms. The van der Waals surface area contributed by atoms with E-state index in [0.717, 1.165) is 5.56 Å². The molecule has 0 saturated carbocycles. The van der Waals surface area contributed by atoms with Crippen molar-refractivity contribution in [2.45, 2.75) is 25.3 Å². The second-order valence-electron chi connectivity index (χ2n) is 6.97. The van der Waals surface area contributed by atoms with Gasteiger partial charge in [-0.05, 0) is 37.2 Å². The Labute approximate surface area is 177 Å². The number of para-hydroxylation sites is 2. The molecule has 2 aromatic carbocycles.